The third-order valence-electron chi connectivity index (χ3n) is 14.7. The lowest BCUT2D eigenvalue weighted by molar-refractivity contribution is -0.141. The molecule has 3 saturated heterocycles. The van der Waals surface area contributed by atoms with Crippen LogP contribution in [0.15, 0.2) is 41.0 Å². The van der Waals surface area contributed by atoms with Gasteiger partial charge in [0.15, 0.2) is 17.3 Å². The summed E-state index contributed by atoms with van der Waals surface area (Å²) >= 11 is 0. The Morgan fingerprint density at radius 1 is 1.04 bits per heavy atom. The predicted octanol–water partition coefficient (Wildman–Crippen LogP) is 4.97. The molecule has 0 unspecified atom stereocenters. The van der Waals surface area contributed by atoms with E-state index in [2.05, 4.69) is 60.6 Å². The van der Waals surface area contributed by atoms with Crippen molar-refractivity contribution in [2.45, 2.75) is 103 Å². The number of hydrogen-bond donors (Lipinski definition) is 1. The van der Waals surface area contributed by atoms with Crippen molar-refractivity contribution in [3.8, 4) is 11.5 Å². The molecule has 5 fully saturated rings. The smallest absolute Gasteiger partial charge is 0.237 e. The molecule has 1 amide bonds. The monoisotopic (exact) mass is 685 g/mol. The molecule has 10 atom stereocenters. The number of ketones is 1. The summed E-state index contributed by atoms with van der Waals surface area (Å²) in [7, 11) is 0. The molecule has 4 aliphatic carbocycles. The zero-order valence-corrected chi connectivity index (χ0v) is 30.4. The van der Waals surface area contributed by atoms with Gasteiger partial charge in [-0.3, -0.25) is 19.4 Å². The Labute approximate surface area is 297 Å². The van der Waals surface area contributed by atoms with Gasteiger partial charge in [-0.15, -0.1) is 0 Å². The molecule has 9 nitrogen and oxygen atoms in total. The second kappa shape index (κ2) is 12.2. The van der Waals surface area contributed by atoms with E-state index in [9.17, 15) is 14.7 Å². The molecule has 0 radical (unpaired) electrons. The van der Waals surface area contributed by atoms with Crippen LogP contribution in [-0.2, 0) is 20.9 Å². The number of piperazine rings is 1. The van der Waals surface area contributed by atoms with Crippen LogP contribution in [0.25, 0.3) is 0 Å². The fraction of sp³-hybridized carbons (Fsp3) is 0.707. The number of ether oxygens (including phenoxy) is 3. The summed E-state index contributed by atoms with van der Waals surface area (Å²) in [5, 5.41) is 10.5. The molecular formula is C41H55N3O6. The molecule has 270 valence electrons. The van der Waals surface area contributed by atoms with Gasteiger partial charge in [0, 0.05) is 56.7 Å². The van der Waals surface area contributed by atoms with E-state index in [0.717, 1.165) is 100 Å². The zero-order chi connectivity index (χ0) is 34.5. The summed E-state index contributed by atoms with van der Waals surface area (Å²) in [6.07, 6.45) is 8.26. The highest BCUT2D eigenvalue weighted by Gasteiger charge is 2.64. The topological polar surface area (TPSA) is 91.8 Å². The van der Waals surface area contributed by atoms with Gasteiger partial charge in [-0.1, -0.05) is 38.5 Å². The maximum Gasteiger partial charge on any atom is 0.237 e. The Balaban J connectivity index is 0.896. The molecule has 8 aliphatic rings. The van der Waals surface area contributed by atoms with Crippen molar-refractivity contribution in [1.82, 2.24) is 14.7 Å². The quantitative estimate of drug-likeness (QED) is 0.445. The second-order valence-corrected chi connectivity index (χ2v) is 17.4. The van der Waals surface area contributed by atoms with Crippen molar-refractivity contribution < 1.29 is 28.9 Å². The number of hydrogen-bond acceptors (Lipinski definition) is 8. The zero-order valence-electron chi connectivity index (χ0n) is 30.4. The van der Waals surface area contributed by atoms with Gasteiger partial charge >= 0.3 is 0 Å². The van der Waals surface area contributed by atoms with Crippen LogP contribution in [0.3, 0.4) is 0 Å². The van der Waals surface area contributed by atoms with E-state index in [-0.39, 0.29) is 48.2 Å². The van der Waals surface area contributed by atoms with Crippen LogP contribution < -0.4 is 9.47 Å². The number of benzene rings is 1. The van der Waals surface area contributed by atoms with E-state index in [1.807, 2.05) is 6.07 Å². The highest BCUT2D eigenvalue weighted by Crippen LogP contribution is 2.64. The van der Waals surface area contributed by atoms with Crippen molar-refractivity contribution in [2.24, 2.45) is 35.0 Å². The Morgan fingerprint density at radius 3 is 2.64 bits per heavy atom. The van der Waals surface area contributed by atoms with E-state index in [1.54, 1.807) is 0 Å². The number of Topliss-reactive ketones (excluding diaryl/α,β-unsaturated/α-hetero) is 1. The Bertz CT molecular complexity index is 1630. The van der Waals surface area contributed by atoms with Crippen LogP contribution in [0.2, 0.25) is 0 Å². The standard InChI is InChI=1S/C41H55N3O6/c1-24-17-34-38(44(20-24)35(46)22-43-15-13-42(14-16-43)21-27-5-8-32-33(18-27)49-23-48-32)26(3)41(50-34)12-10-30-31-7-6-28-19-29(45)9-11-40(28,4)37(31)39(47)36(30)25(41)2/h5-6,8,18,24,26,29-31,34,37-38,45H,7,9-17,19-23H2,1-4H3/t24-,26+,29-,30-,31-,34+,37+,38-,40-,41-/m0/s1. The first kappa shape index (κ1) is 33.1. The van der Waals surface area contributed by atoms with Gasteiger partial charge in [0.05, 0.1) is 30.4 Å². The number of aliphatic hydroxyl groups is 1. The summed E-state index contributed by atoms with van der Waals surface area (Å²) in [6, 6.07) is 6.22. The summed E-state index contributed by atoms with van der Waals surface area (Å²) in [6.45, 7) is 15.0. The van der Waals surface area contributed by atoms with E-state index < -0.39 is 5.60 Å². The fourth-order valence-corrected chi connectivity index (χ4v) is 12.1. The second-order valence-electron chi connectivity index (χ2n) is 17.4. The Hall–Kier alpha value is -2.72. The van der Waals surface area contributed by atoms with Gasteiger partial charge in [0.25, 0.3) is 0 Å². The molecule has 1 aromatic rings. The van der Waals surface area contributed by atoms with Crippen LogP contribution in [0.5, 0.6) is 11.5 Å². The number of allylic oxidation sites excluding steroid dienone is 2. The minimum absolute atomic E-state index is 0.00671. The van der Waals surface area contributed by atoms with E-state index >= 15 is 0 Å². The summed E-state index contributed by atoms with van der Waals surface area (Å²) in [5.41, 5.74) is 4.11. The number of nitrogens with zero attached hydrogens (tertiary/aromatic N) is 3. The van der Waals surface area contributed by atoms with Gasteiger partial charge in [0.2, 0.25) is 12.7 Å². The van der Waals surface area contributed by atoms with E-state index in [1.165, 1.54) is 11.1 Å². The Morgan fingerprint density at radius 2 is 1.82 bits per heavy atom. The maximum absolute atomic E-state index is 14.6. The van der Waals surface area contributed by atoms with E-state index in [0.29, 0.717) is 36.5 Å². The van der Waals surface area contributed by atoms with Gasteiger partial charge in [-0.05, 0) is 98.3 Å². The van der Waals surface area contributed by atoms with Crippen molar-refractivity contribution in [1.29, 1.82) is 0 Å². The minimum Gasteiger partial charge on any atom is -0.454 e. The lowest BCUT2D eigenvalue weighted by atomic mass is 9.56. The van der Waals surface area contributed by atoms with Crippen molar-refractivity contribution in [3.63, 3.8) is 0 Å². The Kier molecular flexibility index (Phi) is 8.07. The first-order valence-electron chi connectivity index (χ1n) is 19.5. The van der Waals surface area contributed by atoms with Crippen LogP contribution in [0, 0.1) is 35.0 Å². The maximum atomic E-state index is 14.6. The molecule has 9 rings (SSSR count). The molecule has 0 aromatic heterocycles. The molecule has 4 heterocycles. The lowest BCUT2D eigenvalue weighted by Crippen LogP contribution is -2.57. The first-order valence-corrected chi connectivity index (χ1v) is 19.5. The SMILES string of the molecule is CC1=C2C(=O)[C@H]3[C@@H](CC=C4C[C@@H](O)CC[C@@]43C)[C@@H]2CC[C@]12O[C@@H]1C[C@H](C)CN(C(=O)CN3CCN(Cc4ccc5c(c4)OCO5)CC3)[C@H]1[C@H]2C. The predicted molar refractivity (Wildman–Crippen MR) is 188 cm³/mol. The van der Waals surface area contributed by atoms with Crippen LogP contribution >= 0.6 is 0 Å². The van der Waals surface area contributed by atoms with E-state index in [4.69, 9.17) is 14.2 Å². The van der Waals surface area contributed by atoms with Crippen molar-refractivity contribution >= 4 is 11.7 Å². The molecule has 50 heavy (non-hydrogen) atoms. The highest BCUT2D eigenvalue weighted by atomic mass is 16.7. The van der Waals surface area contributed by atoms with Gasteiger partial charge in [-0.2, -0.15) is 0 Å². The minimum atomic E-state index is -0.493. The molecule has 2 saturated carbocycles. The number of amides is 1. The average molecular weight is 686 g/mol. The number of likely N-dealkylation sites (tertiary alicyclic amines) is 1. The van der Waals surface area contributed by atoms with Gasteiger partial charge in [-0.25, -0.2) is 0 Å². The van der Waals surface area contributed by atoms with Crippen molar-refractivity contribution in [3.05, 3.63) is 46.6 Å². The van der Waals surface area contributed by atoms with Crippen LogP contribution in [0.4, 0.5) is 0 Å². The number of rotatable bonds is 4. The molecule has 1 aromatic carbocycles. The molecular weight excluding hydrogens is 630 g/mol. The number of piperidine rings is 1. The average Bonchev–Trinajstić information content (AvgIpc) is 3.76. The first-order chi connectivity index (χ1) is 24.1. The number of carbonyl (C=O) groups is 2. The molecule has 0 bridgehead atoms. The lowest BCUT2D eigenvalue weighted by Gasteiger charge is -2.48. The summed E-state index contributed by atoms with van der Waals surface area (Å²) in [5.74, 6) is 3.35. The van der Waals surface area contributed by atoms with Crippen molar-refractivity contribution in [2.75, 3.05) is 46.1 Å². The van der Waals surface area contributed by atoms with Crippen LogP contribution in [0.1, 0.15) is 78.2 Å². The third kappa shape index (κ3) is 5.07. The molecule has 1 spiro atoms. The molecule has 1 N–H and O–H groups in total. The van der Waals surface area contributed by atoms with Gasteiger partial charge in [0.1, 0.15) is 0 Å². The summed E-state index contributed by atoms with van der Waals surface area (Å²) in [4.78, 5) is 35.8. The van der Waals surface area contributed by atoms with Gasteiger partial charge < -0.3 is 24.2 Å². The molecule has 9 heteroatoms. The largest absolute Gasteiger partial charge is 0.454 e. The molecule has 4 aliphatic heterocycles. The fourth-order valence-electron chi connectivity index (χ4n) is 12.1. The number of carbonyl (C=O) groups excluding carboxylic acids is 2. The number of aliphatic hydroxyl groups excluding tert-OH is 1. The highest BCUT2D eigenvalue weighted by molar-refractivity contribution is 6.02. The number of fused-ring (bicyclic) bond motifs is 7. The van der Waals surface area contributed by atoms with Crippen LogP contribution in [-0.4, -0.2) is 101 Å². The normalized spacial score (nSPS) is 41.2. The third-order valence-corrected chi connectivity index (χ3v) is 14.7. The summed E-state index contributed by atoms with van der Waals surface area (Å²) < 4.78 is 18.3.